The molecule has 0 bridgehead atoms. The summed E-state index contributed by atoms with van der Waals surface area (Å²) in [5.41, 5.74) is 0.503. The molecule has 0 aliphatic heterocycles. The van der Waals surface area contributed by atoms with Crippen LogP contribution in [0.1, 0.15) is 5.69 Å². The van der Waals surface area contributed by atoms with Crippen LogP contribution in [0.3, 0.4) is 0 Å². The zero-order valence-corrected chi connectivity index (χ0v) is 10.1. The molecular formula is C11H6BrFN4. The molecule has 1 aromatic carbocycles. The third kappa shape index (κ3) is 2.77. The Balaban J connectivity index is 2.25. The topological polar surface area (TPSA) is 61.6 Å². The lowest BCUT2D eigenvalue weighted by molar-refractivity contribution is 0.631. The SMILES string of the molecule is N#Cc1cnc(Nc2cc(Br)ccc2F)cn1. The summed E-state index contributed by atoms with van der Waals surface area (Å²) in [6, 6.07) is 6.39. The number of nitrogens with zero attached hydrogens (tertiary/aromatic N) is 3. The van der Waals surface area contributed by atoms with E-state index < -0.39 is 0 Å². The first-order valence-electron chi connectivity index (χ1n) is 4.63. The lowest BCUT2D eigenvalue weighted by atomic mass is 10.3. The molecule has 0 atom stereocenters. The van der Waals surface area contributed by atoms with E-state index in [2.05, 4.69) is 31.2 Å². The van der Waals surface area contributed by atoms with Crippen LogP contribution in [0.5, 0.6) is 0 Å². The van der Waals surface area contributed by atoms with Gasteiger partial charge in [0, 0.05) is 4.47 Å². The van der Waals surface area contributed by atoms with E-state index >= 15 is 0 Å². The summed E-state index contributed by atoms with van der Waals surface area (Å²) in [5, 5.41) is 11.3. The maximum absolute atomic E-state index is 13.4. The quantitative estimate of drug-likeness (QED) is 0.924. The van der Waals surface area contributed by atoms with E-state index in [0.29, 0.717) is 11.5 Å². The van der Waals surface area contributed by atoms with Gasteiger partial charge in [-0.2, -0.15) is 5.26 Å². The van der Waals surface area contributed by atoms with Crippen molar-refractivity contribution in [2.24, 2.45) is 0 Å². The highest BCUT2D eigenvalue weighted by Gasteiger charge is 2.04. The van der Waals surface area contributed by atoms with Gasteiger partial charge in [0.1, 0.15) is 17.7 Å². The highest BCUT2D eigenvalue weighted by atomic mass is 79.9. The molecule has 0 saturated heterocycles. The Kier molecular flexibility index (Phi) is 3.30. The van der Waals surface area contributed by atoms with Crippen molar-refractivity contribution in [3.8, 4) is 6.07 Å². The third-order valence-electron chi connectivity index (χ3n) is 1.96. The first-order valence-corrected chi connectivity index (χ1v) is 5.42. The number of rotatable bonds is 2. The summed E-state index contributed by atoms with van der Waals surface area (Å²) >= 11 is 3.25. The number of anilines is 2. The van der Waals surface area contributed by atoms with Crippen LogP contribution in [-0.2, 0) is 0 Å². The van der Waals surface area contributed by atoms with Crippen LogP contribution in [-0.4, -0.2) is 9.97 Å². The van der Waals surface area contributed by atoms with Gasteiger partial charge in [-0.15, -0.1) is 0 Å². The number of benzene rings is 1. The van der Waals surface area contributed by atoms with Crippen molar-refractivity contribution in [1.82, 2.24) is 9.97 Å². The van der Waals surface area contributed by atoms with Gasteiger partial charge in [-0.3, -0.25) is 0 Å². The molecule has 0 aliphatic rings. The minimum Gasteiger partial charge on any atom is -0.337 e. The fourth-order valence-corrected chi connectivity index (χ4v) is 1.54. The molecule has 17 heavy (non-hydrogen) atoms. The Labute approximate surface area is 105 Å². The van der Waals surface area contributed by atoms with Gasteiger partial charge in [0.2, 0.25) is 0 Å². The fourth-order valence-electron chi connectivity index (χ4n) is 1.18. The molecule has 0 spiro atoms. The van der Waals surface area contributed by atoms with Crippen LogP contribution >= 0.6 is 15.9 Å². The summed E-state index contributed by atoms with van der Waals surface area (Å²) in [4.78, 5) is 7.76. The maximum atomic E-state index is 13.4. The Morgan fingerprint density at radius 3 is 2.76 bits per heavy atom. The maximum Gasteiger partial charge on any atom is 0.158 e. The Hall–Kier alpha value is -2.00. The van der Waals surface area contributed by atoms with Gasteiger partial charge in [-0.25, -0.2) is 14.4 Å². The zero-order chi connectivity index (χ0) is 12.3. The highest BCUT2D eigenvalue weighted by molar-refractivity contribution is 9.10. The molecule has 2 rings (SSSR count). The number of hydrogen-bond donors (Lipinski definition) is 1. The Morgan fingerprint density at radius 2 is 2.12 bits per heavy atom. The summed E-state index contributed by atoms with van der Waals surface area (Å²) in [7, 11) is 0. The molecule has 1 aromatic heterocycles. The fraction of sp³-hybridized carbons (Fsp3) is 0. The van der Waals surface area contributed by atoms with E-state index in [0.717, 1.165) is 4.47 Å². The van der Waals surface area contributed by atoms with Crippen LogP contribution in [0.4, 0.5) is 15.9 Å². The Bertz CT molecular complexity index is 577. The van der Waals surface area contributed by atoms with E-state index in [1.165, 1.54) is 18.5 Å². The average Bonchev–Trinajstić information content (AvgIpc) is 2.35. The normalized spacial score (nSPS) is 9.71. The van der Waals surface area contributed by atoms with Crippen molar-refractivity contribution in [1.29, 1.82) is 5.26 Å². The molecule has 0 radical (unpaired) electrons. The van der Waals surface area contributed by atoms with Gasteiger partial charge >= 0.3 is 0 Å². The number of halogens is 2. The molecule has 0 fully saturated rings. The molecular weight excluding hydrogens is 287 g/mol. The number of nitriles is 1. The molecule has 2 aromatic rings. The smallest absolute Gasteiger partial charge is 0.158 e. The molecule has 1 heterocycles. The van der Waals surface area contributed by atoms with Gasteiger partial charge in [0.05, 0.1) is 18.1 Å². The standard InChI is InChI=1S/C11H6BrFN4/c12-7-1-2-9(13)10(3-7)17-11-6-15-8(4-14)5-16-11/h1-3,5-6H,(H,16,17). The minimum absolute atomic E-state index is 0.213. The molecule has 1 N–H and O–H groups in total. The van der Waals surface area contributed by atoms with Crippen molar-refractivity contribution in [2.75, 3.05) is 5.32 Å². The van der Waals surface area contributed by atoms with E-state index in [1.807, 2.05) is 6.07 Å². The molecule has 0 saturated carbocycles. The van der Waals surface area contributed by atoms with Crippen molar-refractivity contribution in [3.63, 3.8) is 0 Å². The van der Waals surface area contributed by atoms with Crippen molar-refractivity contribution in [2.45, 2.75) is 0 Å². The van der Waals surface area contributed by atoms with Gasteiger partial charge < -0.3 is 5.32 Å². The molecule has 0 aliphatic carbocycles. The minimum atomic E-state index is -0.389. The predicted molar refractivity (Wildman–Crippen MR) is 64.1 cm³/mol. The first-order chi connectivity index (χ1) is 8.19. The van der Waals surface area contributed by atoms with Crippen LogP contribution < -0.4 is 5.32 Å². The second-order valence-electron chi connectivity index (χ2n) is 3.15. The van der Waals surface area contributed by atoms with Gasteiger partial charge in [-0.1, -0.05) is 15.9 Å². The molecule has 4 nitrogen and oxygen atoms in total. The van der Waals surface area contributed by atoms with E-state index in [9.17, 15) is 4.39 Å². The lowest BCUT2D eigenvalue weighted by Crippen LogP contribution is -1.97. The van der Waals surface area contributed by atoms with E-state index in [-0.39, 0.29) is 11.5 Å². The van der Waals surface area contributed by atoms with Gasteiger partial charge in [0.25, 0.3) is 0 Å². The number of hydrogen-bond acceptors (Lipinski definition) is 4. The molecule has 6 heteroatoms. The van der Waals surface area contributed by atoms with Crippen molar-refractivity contribution >= 4 is 27.4 Å². The highest BCUT2D eigenvalue weighted by Crippen LogP contribution is 2.22. The van der Waals surface area contributed by atoms with E-state index in [4.69, 9.17) is 5.26 Å². The molecule has 0 unspecified atom stereocenters. The third-order valence-corrected chi connectivity index (χ3v) is 2.45. The average molecular weight is 293 g/mol. The van der Waals surface area contributed by atoms with Gasteiger partial charge in [-0.05, 0) is 18.2 Å². The largest absolute Gasteiger partial charge is 0.337 e. The molecule has 84 valence electrons. The second kappa shape index (κ2) is 4.89. The van der Waals surface area contributed by atoms with Crippen LogP contribution in [0, 0.1) is 17.1 Å². The van der Waals surface area contributed by atoms with Gasteiger partial charge in [0.15, 0.2) is 5.69 Å². The summed E-state index contributed by atoms with van der Waals surface area (Å²) in [6.07, 6.45) is 2.69. The number of aromatic nitrogens is 2. The number of nitrogens with one attached hydrogen (secondary N) is 1. The first kappa shape index (κ1) is 11.5. The predicted octanol–water partition coefficient (Wildman–Crippen LogP) is 2.99. The summed E-state index contributed by atoms with van der Waals surface area (Å²) in [6.45, 7) is 0. The van der Waals surface area contributed by atoms with Crippen LogP contribution in [0.25, 0.3) is 0 Å². The van der Waals surface area contributed by atoms with Crippen LogP contribution in [0.2, 0.25) is 0 Å². The summed E-state index contributed by atoms with van der Waals surface area (Å²) in [5.74, 6) is -0.0136. The Morgan fingerprint density at radius 1 is 1.29 bits per heavy atom. The van der Waals surface area contributed by atoms with Crippen LogP contribution in [0.15, 0.2) is 35.1 Å². The van der Waals surface area contributed by atoms with Crippen molar-refractivity contribution < 1.29 is 4.39 Å². The second-order valence-corrected chi connectivity index (χ2v) is 4.06. The molecule has 0 amide bonds. The monoisotopic (exact) mass is 292 g/mol. The lowest BCUT2D eigenvalue weighted by Gasteiger charge is -2.06. The zero-order valence-electron chi connectivity index (χ0n) is 8.48. The van der Waals surface area contributed by atoms with Crippen molar-refractivity contribution in [3.05, 3.63) is 46.6 Å². The summed E-state index contributed by atoms with van der Waals surface area (Å²) < 4.78 is 14.2. The van der Waals surface area contributed by atoms with E-state index in [1.54, 1.807) is 12.1 Å².